The number of amides is 1. The molecule has 23 heavy (non-hydrogen) atoms. The summed E-state index contributed by atoms with van der Waals surface area (Å²) in [7, 11) is 0. The molecule has 0 aliphatic carbocycles. The Kier molecular flexibility index (Phi) is 4.94. The highest BCUT2D eigenvalue weighted by molar-refractivity contribution is 6.29. The van der Waals surface area contributed by atoms with Gasteiger partial charge in [0.25, 0.3) is 5.91 Å². The zero-order valence-corrected chi connectivity index (χ0v) is 13.7. The van der Waals surface area contributed by atoms with Gasteiger partial charge in [0.15, 0.2) is 0 Å². The second kappa shape index (κ2) is 7.11. The molecular formula is C18H20ClN3O. The fourth-order valence-corrected chi connectivity index (χ4v) is 3.28. The van der Waals surface area contributed by atoms with Crippen LogP contribution < -0.4 is 5.73 Å². The number of piperidine rings is 1. The predicted octanol–water partition coefficient (Wildman–Crippen LogP) is 3.21. The van der Waals surface area contributed by atoms with Gasteiger partial charge in [0.1, 0.15) is 5.15 Å². The van der Waals surface area contributed by atoms with Crippen LogP contribution in [-0.2, 0) is 6.54 Å². The molecule has 2 heterocycles. The third-order valence-electron chi connectivity index (χ3n) is 4.41. The van der Waals surface area contributed by atoms with Crippen LogP contribution in [0.15, 0.2) is 42.6 Å². The summed E-state index contributed by atoms with van der Waals surface area (Å²) in [6.07, 6.45) is 3.51. The third-order valence-corrected chi connectivity index (χ3v) is 4.62. The molecule has 1 aromatic carbocycles. The second-order valence-electron chi connectivity index (χ2n) is 5.88. The van der Waals surface area contributed by atoms with Gasteiger partial charge in [0, 0.05) is 31.4 Å². The molecule has 0 radical (unpaired) electrons. The first-order chi connectivity index (χ1) is 11.2. The smallest absolute Gasteiger partial charge is 0.254 e. The fraction of sp³-hybridized carbons (Fsp3) is 0.333. The van der Waals surface area contributed by atoms with Crippen molar-refractivity contribution in [1.82, 2.24) is 9.88 Å². The Morgan fingerprint density at radius 3 is 2.74 bits per heavy atom. The molecule has 1 saturated heterocycles. The van der Waals surface area contributed by atoms with Gasteiger partial charge in [-0.2, -0.15) is 0 Å². The van der Waals surface area contributed by atoms with Crippen molar-refractivity contribution >= 4 is 17.5 Å². The van der Waals surface area contributed by atoms with E-state index in [0.29, 0.717) is 23.2 Å². The number of nitrogens with two attached hydrogens (primary N) is 1. The molecule has 1 aromatic heterocycles. The van der Waals surface area contributed by atoms with E-state index in [0.717, 1.165) is 31.5 Å². The molecule has 120 valence electrons. The minimum Gasteiger partial charge on any atom is -0.339 e. The van der Waals surface area contributed by atoms with Crippen molar-refractivity contribution < 1.29 is 4.79 Å². The maximum Gasteiger partial charge on any atom is 0.254 e. The summed E-state index contributed by atoms with van der Waals surface area (Å²) in [6.45, 7) is 2.08. The van der Waals surface area contributed by atoms with Gasteiger partial charge >= 0.3 is 0 Å². The topological polar surface area (TPSA) is 59.2 Å². The number of benzene rings is 1. The van der Waals surface area contributed by atoms with Crippen molar-refractivity contribution in [2.24, 2.45) is 5.73 Å². The second-order valence-corrected chi connectivity index (χ2v) is 6.27. The molecule has 0 spiro atoms. The minimum atomic E-state index is 0.0310. The predicted molar refractivity (Wildman–Crippen MR) is 91.5 cm³/mol. The number of pyridine rings is 1. The first-order valence-corrected chi connectivity index (χ1v) is 8.25. The fourth-order valence-electron chi connectivity index (χ4n) is 3.11. The van der Waals surface area contributed by atoms with Crippen LogP contribution in [-0.4, -0.2) is 28.9 Å². The number of rotatable bonds is 3. The Balaban J connectivity index is 1.65. The number of hydrogen-bond donors (Lipinski definition) is 1. The molecule has 2 N–H and O–H groups in total. The van der Waals surface area contributed by atoms with Crippen LogP contribution in [0.5, 0.6) is 0 Å². The molecule has 5 heteroatoms. The molecule has 1 fully saturated rings. The first kappa shape index (κ1) is 16.0. The van der Waals surface area contributed by atoms with Gasteiger partial charge < -0.3 is 10.6 Å². The molecule has 0 unspecified atom stereocenters. The summed E-state index contributed by atoms with van der Waals surface area (Å²) in [6, 6.07) is 11.8. The Labute approximate surface area is 141 Å². The maximum absolute atomic E-state index is 12.5. The third kappa shape index (κ3) is 3.71. The number of halogens is 1. The van der Waals surface area contributed by atoms with Crippen molar-refractivity contribution in [2.75, 3.05) is 13.1 Å². The highest BCUT2D eigenvalue weighted by Gasteiger charge is 2.24. The molecule has 1 aliphatic rings. The van der Waals surface area contributed by atoms with Gasteiger partial charge in [-0.05, 0) is 42.0 Å². The minimum absolute atomic E-state index is 0.0310. The summed E-state index contributed by atoms with van der Waals surface area (Å²) in [5.74, 6) is 0.523. The number of nitrogens with zero attached hydrogens (tertiary/aromatic N) is 2. The molecule has 1 amide bonds. The lowest BCUT2D eigenvalue weighted by Crippen LogP contribution is -2.37. The molecule has 4 nitrogen and oxygen atoms in total. The maximum atomic E-state index is 12.5. The number of carbonyl (C=O) groups excluding carboxylic acids is 1. The van der Waals surface area contributed by atoms with E-state index < -0.39 is 0 Å². The van der Waals surface area contributed by atoms with E-state index in [-0.39, 0.29) is 5.91 Å². The number of aromatic nitrogens is 1. The highest BCUT2D eigenvalue weighted by atomic mass is 35.5. The number of carbonyl (C=O) groups is 1. The van der Waals surface area contributed by atoms with E-state index in [1.165, 1.54) is 5.56 Å². The molecule has 0 bridgehead atoms. The van der Waals surface area contributed by atoms with Crippen molar-refractivity contribution in [3.05, 3.63) is 64.4 Å². The molecule has 3 rings (SSSR count). The summed E-state index contributed by atoms with van der Waals surface area (Å²) in [5.41, 5.74) is 8.81. The van der Waals surface area contributed by atoms with E-state index >= 15 is 0 Å². The Morgan fingerprint density at radius 2 is 2.04 bits per heavy atom. The lowest BCUT2D eigenvalue weighted by Gasteiger charge is -2.32. The summed E-state index contributed by atoms with van der Waals surface area (Å²) < 4.78 is 0. The lowest BCUT2D eigenvalue weighted by molar-refractivity contribution is 0.0713. The van der Waals surface area contributed by atoms with E-state index in [2.05, 4.69) is 29.2 Å². The first-order valence-electron chi connectivity index (χ1n) is 7.87. The number of likely N-dealkylation sites (tertiary alicyclic amines) is 1. The quantitative estimate of drug-likeness (QED) is 0.880. The van der Waals surface area contributed by atoms with Gasteiger partial charge in [-0.3, -0.25) is 4.79 Å². The van der Waals surface area contributed by atoms with E-state index in [4.69, 9.17) is 17.3 Å². The van der Waals surface area contributed by atoms with Crippen molar-refractivity contribution in [3.63, 3.8) is 0 Å². The highest BCUT2D eigenvalue weighted by Crippen LogP contribution is 2.29. The van der Waals surface area contributed by atoms with Crippen molar-refractivity contribution in [3.8, 4) is 0 Å². The van der Waals surface area contributed by atoms with Gasteiger partial charge in [-0.15, -0.1) is 0 Å². The van der Waals surface area contributed by atoms with Crippen LogP contribution in [0, 0.1) is 0 Å². The number of hydrogen-bond acceptors (Lipinski definition) is 3. The van der Waals surface area contributed by atoms with E-state index in [1.807, 2.05) is 4.90 Å². The van der Waals surface area contributed by atoms with Crippen LogP contribution >= 0.6 is 11.6 Å². The van der Waals surface area contributed by atoms with Crippen molar-refractivity contribution in [2.45, 2.75) is 25.3 Å². The molecule has 0 atom stereocenters. The molecule has 1 aliphatic heterocycles. The Bertz CT molecular complexity index is 696. The zero-order chi connectivity index (χ0) is 16.2. The van der Waals surface area contributed by atoms with Gasteiger partial charge in [-0.25, -0.2) is 4.98 Å². The lowest BCUT2D eigenvalue weighted by atomic mass is 9.88. The average Bonchev–Trinajstić information content (AvgIpc) is 2.61. The van der Waals surface area contributed by atoms with E-state index in [9.17, 15) is 4.79 Å². The molecular weight excluding hydrogens is 310 g/mol. The zero-order valence-electron chi connectivity index (χ0n) is 12.9. The van der Waals surface area contributed by atoms with Gasteiger partial charge in [0.2, 0.25) is 0 Å². The SMILES string of the molecule is NCc1cccc(C2CCN(C(=O)c3ccnc(Cl)c3)CC2)c1. The normalized spacial score (nSPS) is 15.7. The van der Waals surface area contributed by atoms with E-state index in [1.54, 1.807) is 18.3 Å². The van der Waals surface area contributed by atoms with Gasteiger partial charge in [0.05, 0.1) is 0 Å². The van der Waals surface area contributed by atoms with Crippen molar-refractivity contribution in [1.29, 1.82) is 0 Å². The van der Waals surface area contributed by atoms with Crippen LogP contribution in [0.4, 0.5) is 0 Å². The van der Waals surface area contributed by atoms with Gasteiger partial charge in [-0.1, -0.05) is 35.9 Å². The molecule has 2 aromatic rings. The monoisotopic (exact) mass is 329 g/mol. The largest absolute Gasteiger partial charge is 0.339 e. The Morgan fingerprint density at radius 1 is 1.26 bits per heavy atom. The Hall–Kier alpha value is -1.91. The van der Waals surface area contributed by atoms with Crippen LogP contribution in [0.25, 0.3) is 0 Å². The van der Waals surface area contributed by atoms with Crippen LogP contribution in [0.1, 0.15) is 40.2 Å². The summed E-state index contributed by atoms with van der Waals surface area (Å²) in [4.78, 5) is 18.3. The summed E-state index contributed by atoms with van der Waals surface area (Å²) in [5, 5.41) is 0.351. The standard InChI is InChI=1S/C18H20ClN3O/c19-17-11-16(4-7-21-17)18(23)22-8-5-14(6-9-22)15-3-1-2-13(10-15)12-20/h1-4,7,10-11,14H,5-6,8-9,12,20H2. The van der Waals surface area contributed by atoms with Crippen LogP contribution in [0.3, 0.4) is 0 Å². The average molecular weight is 330 g/mol. The molecule has 0 saturated carbocycles. The van der Waals surface area contributed by atoms with Crippen LogP contribution in [0.2, 0.25) is 5.15 Å². The summed E-state index contributed by atoms with van der Waals surface area (Å²) >= 11 is 5.87.